The number of aliphatic hydroxyl groups is 1. The van der Waals surface area contributed by atoms with Crippen LogP contribution in [-0.4, -0.2) is 15.3 Å². The molecular formula is C11H16O3. The molecule has 0 radical (unpaired) electrons. The van der Waals surface area contributed by atoms with Gasteiger partial charge in [0.25, 0.3) is 0 Å². The van der Waals surface area contributed by atoms with E-state index in [0.717, 1.165) is 6.42 Å². The second-order valence-corrected chi connectivity index (χ2v) is 3.73. The second-order valence-electron chi connectivity index (χ2n) is 3.73. The molecule has 0 aliphatic rings. The Morgan fingerprint density at radius 1 is 1.29 bits per heavy atom. The van der Waals surface area contributed by atoms with Crippen molar-refractivity contribution in [2.24, 2.45) is 0 Å². The van der Waals surface area contributed by atoms with E-state index >= 15 is 0 Å². The molecule has 0 amide bonds. The van der Waals surface area contributed by atoms with Gasteiger partial charge in [-0.1, -0.05) is 13.3 Å². The van der Waals surface area contributed by atoms with Crippen molar-refractivity contribution in [3.63, 3.8) is 0 Å². The largest absolute Gasteiger partial charge is 0.508 e. The summed E-state index contributed by atoms with van der Waals surface area (Å²) >= 11 is 0. The van der Waals surface area contributed by atoms with Gasteiger partial charge in [0, 0.05) is 11.6 Å². The fraction of sp³-hybridized carbons (Fsp3) is 0.455. The standard InChI is InChI=1S/C11H16O3/c1-3-6-11(2,14)9-5-4-8(12)7-10(9)13/h4-5,7,12-14H,3,6H2,1-2H3. The summed E-state index contributed by atoms with van der Waals surface area (Å²) in [6.07, 6.45) is 1.40. The van der Waals surface area contributed by atoms with Gasteiger partial charge in [-0.3, -0.25) is 0 Å². The fourth-order valence-electron chi connectivity index (χ4n) is 1.60. The number of phenols is 2. The van der Waals surface area contributed by atoms with Gasteiger partial charge in [-0.15, -0.1) is 0 Å². The van der Waals surface area contributed by atoms with E-state index in [1.807, 2.05) is 6.92 Å². The van der Waals surface area contributed by atoms with Crippen LogP contribution < -0.4 is 0 Å². The van der Waals surface area contributed by atoms with Crippen molar-refractivity contribution in [3.05, 3.63) is 23.8 Å². The molecule has 14 heavy (non-hydrogen) atoms. The highest BCUT2D eigenvalue weighted by atomic mass is 16.3. The van der Waals surface area contributed by atoms with Crippen molar-refractivity contribution in [1.82, 2.24) is 0 Å². The van der Waals surface area contributed by atoms with E-state index in [9.17, 15) is 10.2 Å². The molecule has 1 rings (SSSR count). The molecule has 0 aromatic heterocycles. The molecule has 1 atom stereocenters. The molecule has 78 valence electrons. The van der Waals surface area contributed by atoms with Crippen LogP contribution in [0, 0.1) is 0 Å². The van der Waals surface area contributed by atoms with E-state index in [1.54, 1.807) is 13.0 Å². The molecule has 1 unspecified atom stereocenters. The number of aromatic hydroxyl groups is 2. The maximum Gasteiger partial charge on any atom is 0.125 e. The predicted molar refractivity (Wildman–Crippen MR) is 54.3 cm³/mol. The van der Waals surface area contributed by atoms with Crippen molar-refractivity contribution >= 4 is 0 Å². The fourth-order valence-corrected chi connectivity index (χ4v) is 1.60. The normalized spacial score (nSPS) is 15.1. The summed E-state index contributed by atoms with van der Waals surface area (Å²) in [5.74, 6) is -0.0676. The summed E-state index contributed by atoms with van der Waals surface area (Å²) in [5.41, 5.74) is -0.579. The smallest absolute Gasteiger partial charge is 0.125 e. The van der Waals surface area contributed by atoms with Crippen LogP contribution in [0.15, 0.2) is 18.2 Å². The van der Waals surface area contributed by atoms with E-state index in [4.69, 9.17) is 5.11 Å². The van der Waals surface area contributed by atoms with Gasteiger partial charge in [-0.05, 0) is 25.5 Å². The van der Waals surface area contributed by atoms with Crippen LogP contribution in [0.5, 0.6) is 11.5 Å². The first-order valence-electron chi connectivity index (χ1n) is 4.72. The summed E-state index contributed by atoms with van der Waals surface area (Å²) < 4.78 is 0. The molecule has 1 aromatic carbocycles. The lowest BCUT2D eigenvalue weighted by atomic mass is 9.90. The highest BCUT2D eigenvalue weighted by Gasteiger charge is 2.25. The molecule has 0 aliphatic heterocycles. The van der Waals surface area contributed by atoms with Crippen LogP contribution >= 0.6 is 0 Å². The Morgan fingerprint density at radius 2 is 1.93 bits per heavy atom. The Labute approximate surface area is 83.6 Å². The second kappa shape index (κ2) is 3.88. The van der Waals surface area contributed by atoms with Crippen LogP contribution in [0.2, 0.25) is 0 Å². The first-order chi connectivity index (χ1) is 6.47. The van der Waals surface area contributed by atoms with E-state index < -0.39 is 5.60 Å². The lowest BCUT2D eigenvalue weighted by Crippen LogP contribution is -2.20. The Kier molecular flexibility index (Phi) is 3.01. The quantitative estimate of drug-likeness (QED) is 0.693. The summed E-state index contributed by atoms with van der Waals surface area (Å²) in [7, 11) is 0. The summed E-state index contributed by atoms with van der Waals surface area (Å²) in [5, 5.41) is 28.6. The molecule has 3 heteroatoms. The number of hydrogen-bond donors (Lipinski definition) is 3. The molecule has 3 nitrogen and oxygen atoms in total. The Bertz CT molecular complexity index is 318. The van der Waals surface area contributed by atoms with Crippen LogP contribution in [0.25, 0.3) is 0 Å². The Morgan fingerprint density at radius 3 is 2.43 bits per heavy atom. The van der Waals surface area contributed by atoms with Crippen molar-refractivity contribution in [3.8, 4) is 11.5 Å². The zero-order chi connectivity index (χ0) is 10.8. The number of phenolic OH excluding ortho intramolecular Hbond substituents is 2. The van der Waals surface area contributed by atoms with Crippen LogP contribution in [-0.2, 0) is 5.60 Å². The van der Waals surface area contributed by atoms with Gasteiger partial charge in [0.2, 0.25) is 0 Å². The van der Waals surface area contributed by atoms with E-state index in [0.29, 0.717) is 12.0 Å². The Balaban J connectivity index is 3.06. The molecule has 1 aromatic rings. The van der Waals surface area contributed by atoms with Crippen LogP contribution in [0.3, 0.4) is 0 Å². The average molecular weight is 196 g/mol. The topological polar surface area (TPSA) is 60.7 Å². The molecule has 0 fully saturated rings. The average Bonchev–Trinajstić information content (AvgIpc) is 2.02. The number of benzene rings is 1. The van der Waals surface area contributed by atoms with Gasteiger partial charge in [-0.25, -0.2) is 0 Å². The molecule has 3 N–H and O–H groups in total. The summed E-state index contributed by atoms with van der Waals surface area (Å²) in [6.45, 7) is 3.62. The number of rotatable bonds is 3. The molecule has 0 heterocycles. The monoisotopic (exact) mass is 196 g/mol. The summed E-state index contributed by atoms with van der Waals surface area (Å²) in [6, 6.07) is 4.24. The molecule has 0 aliphatic carbocycles. The lowest BCUT2D eigenvalue weighted by molar-refractivity contribution is 0.0445. The van der Waals surface area contributed by atoms with Gasteiger partial charge < -0.3 is 15.3 Å². The van der Waals surface area contributed by atoms with Crippen molar-refractivity contribution in [2.45, 2.75) is 32.3 Å². The highest BCUT2D eigenvalue weighted by Crippen LogP contribution is 2.34. The van der Waals surface area contributed by atoms with E-state index in [-0.39, 0.29) is 11.5 Å². The molecule has 0 bridgehead atoms. The zero-order valence-electron chi connectivity index (χ0n) is 8.49. The van der Waals surface area contributed by atoms with E-state index in [1.165, 1.54) is 12.1 Å². The van der Waals surface area contributed by atoms with E-state index in [2.05, 4.69) is 0 Å². The van der Waals surface area contributed by atoms with Crippen molar-refractivity contribution in [1.29, 1.82) is 0 Å². The minimum absolute atomic E-state index is 0.00134. The van der Waals surface area contributed by atoms with Crippen LogP contribution in [0.4, 0.5) is 0 Å². The molecule has 0 saturated heterocycles. The van der Waals surface area contributed by atoms with Gasteiger partial charge in [-0.2, -0.15) is 0 Å². The maximum absolute atomic E-state index is 10.0. The van der Waals surface area contributed by atoms with Crippen molar-refractivity contribution < 1.29 is 15.3 Å². The first kappa shape index (κ1) is 10.9. The van der Waals surface area contributed by atoms with Gasteiger partial charge in [0.15, 0.2) is 0 Å². The van der Waals surface area contributed by atoms with Gasteiger partial charge >= 0.3 is 0 Å². The molecule has 0 spiro atoms. The third kappa shape index (κ3) is 2.17. The molecule has 0 saturated carbocycles. The molecular weight excluding hydrogens is 180 g/mol. The lowest BCUT2D eigenvalue weighted by Gasteiger charge is -2.24. The van der Waals surface area contributed by atoms with Gasteiger partial charge in [0.1, 0.15) is 11.5 Å². The maximum atomic E-state index is 10.0. The third-order valence-corrected chi connectivity index (χ3v) is 2.30. The minimum Gasteiger partial charge on any atom is -0.508 e. The third-order valence-electron chi connectivity index (χ3n) is 2.30. The first-order valence-corrected chi connectivity index (χ1v) is 4.72. The summed E-state index contributed by atoms with van der Waals surface area (Å²) in [4.78, 5) is 0. The predicted octanol–water partition coefficient (Wildman–Crippen LogP) is 2.11. The SMILES string of the molecule is CCCC(C)(O)c1ccc(O)cc1O. The van der Waals surface area contributed by atoms with Gasteiger partial charge in [0.05, 0.1) is 5.60 Å². The van der Waals surface area contributed by atoms with Crippen LogP contribution in [0.1, 0.15) is 32.3 Å². The zero-order valence-corrected chi connectivity index (χ0v) is 8.49. The number of hydrogen-bond acceptors (Lipinski definition) is 3. The minimum atomic E-state index is -1.04. The Hall–Kier alpha value is -1.22. The van der Waals surface area contributed by atoms with Crippen molar-refractivity contribution in [2.75, 3.05) is 0 Å². The highest BCUT2D eigenvalue weighted by molar-refractivity contribution is 5.41.